The zero-order valence-corrected chi connectivity index (χ0v) is 19.7. The molecule has 1 heterocycles. The number of ketones is 1. The van der Waals surface area contributed by atoms with Gasteiger partial charge in [-0.2, -0.15) is 5.10 Å². The van der Waals surface area contributed by atoms with E-state index in [9.17, 15) is 14.7 Å². The first-order valence-corrected chi connectivity index (χ1v) is 11.5. The third-order valence-corrected chi connectivity index (χ3v) is 6.38. The topological polar surface area (TPSA) is 136 Å². The Labute approximate surface area is 186 Å². The van der Waals surface area contributed by atoms with Crippen molar-refractivity contribution in [1.29, 1.82) is 0 Å². The molecule has 3 unspecified atom stereocenters. The van der Waals surface area contributed by atoms with Crippen LogP contribution in [-0.2, 0) is 15.3 Å². The van der Waals surface area contributed by atoms with E-state index < -0.39 is 23.7 Å². The molecule has 0 radical (unpaired) electrons. The van der Waals surface area contributed by atoms with Gasteiger partial charge < -0.3 is 21.9 Å². The number of nitrogens with one attached hydrogen (secondary N) is 1. The summed E-state index contributed by atoms with van der Waals surface area (Å²) >= 11 is 0. The number of carbonyl (C=O) groups is 2. The standard InChI is InChI=1S/C23H41N5O3/c1-14(2)13-26-19(30)12-18(29)20(21(24)17-9-7-6-8-10-17)22(31)23(5,25)28-16(4)11-15(3)27-28/h11,14,17-18,20-21,29H,6-10,12-13,24-25H2,1-5H3,(H,26,30)/t18?,20?,21?,23-/m0/s1. The number of hydrogen-bond acceptors (Lipinski definition) is 6. The molecule has 0 bridgehead atoms. The Kier molecular flexibility index (Phi) is 8.80. The number of aliphatic hydroxyl groups is 1. The maximum atomic E-state index is 13.7. The average molecular weight is 436 g/mol. The van der Waals surface area contributed by atoms with E-state index >= 15 is 0 Å². The molecule has 0 spiro atoms. The lowest BCUT2D eigenvalue weighted by Gasteiger charge is -2.38. The molecule has 1 saturated carbocycles. The normalized spacial score (nSPS) is 20.2. The van der Waals surface area contributed by atoms with Crippen LogP contribution < -0.4 is 16.8 Å². The minimum absolute atomic E-state index is 0.118. The third-order valence-electron chi connectivity index (χ3n) is 6.38. The van der Waals surface area contributed by atoms with E-state index in [0.717, 1.165) is 43.5 Å². The van der Waals surface area contributed by atoms with Crippen LogP contribution in [0.2, 0.25) is 0 Å². The number of aliphatic hydroxyl groups excluding tert-OH is 1. The molecular weight excluding hydrogens is 394 g/mol. The molecule has 1 aromatic heterocycles. The molecule has 0 aliphatic heterocycles. The van der Waals surface area contributed by atoms with Gasteiger partial charge in [-0.15, -0.1) is 0 Å². The highest BCUT2D eigenvalue weighted by atomic mass is 16.3. The first-order valence-electron chi connectivity index (χ1n) is 11.5. The SMILES string of the molecule is Cc1cc(C)n([C@](C)(N)C(=O)C(C(O)CC(=O)NCC(C)C)C(N)C2CCCCC2)n1. The molecule has 4 atom stereocenters. The Morgan fingerprint density at radius 3 is 2.42 bits per heavy atom. The van der Waals surface area contributed by atoms with Crippen LogP contribution in [-0.4, -0.2) is 45.3 Å². The summed E-state index contributed by atoms with van der Waals surface area (Å²) in [4.78, 5) is 26.1. The second-order valence-electron chi connectivity index (χ2n) is 9.82. The second kappa shape index (κ2) is 10.7. The molecule has 8 heteroatoms. The van der Waals surface area contributed by atoms with Crippen molar-refractivity contribution in [2.45, 2.75) is 91.0 Å². The summed E-state index contributed by atoms with van der Waals surface area (Å²) < 4.78 is 1.50. The molecule has 1 aromatic rings. The lowest BCUT2D eigenvalue weighted by Crippen LogP contribution is -2.59. The van der Waals surface area contributed by atoms with Crippen LogP contribution in [0.25, 0.3) is 0 Å². The van der Waals surface area contributed by atoms with Crippen molar-refractivity contribution in [2.24, 2.45) is 29.2 Å². The molecule has 8 nitrogen and oxygen atoms in total. The lowest BCUT2D eigenvalue weighted by atomic mass is 9.73. The van der Waals surface area contributed by atoms with Crippen molar-refractivity contribution in [3.63, 3.8) is 0 Å². The van der Waals surface area contributed by atoms with Crippen LogP contribution >= 0.6 is 0 Å². The van der Waals surface area contributed by atoms with Gasteiger partial charge in [0.05, 0.1) is 24.1 Å². The first-order chi connectivity index (χ1) is 14.4. The third kappa shape index (κ3) is 6.37. The number of rotatable bonds is 10. The lowest BCUT2D eigenvalue weighted by molar-refractivity contribution is -0.138. The summed E-state index contributed by atoms with van der Waals surface area (Å²) in [6.45, 7) is 9.78. The van der Waals surface area contributed by atoms with Gasteiger partial charge in [-0.05, 0) is 51.5 Å². The fourth-order valence-corrected chi connectivity index (χ4v) is 4.67. The number of nitrogens with two attached hydrogens (primary N) is 2. The molecule has 1 aliphatic carbocycles. The van der Waals surface area contributed by atoms with E-state index in [1.54, 1.807) is 6.92 Å². The molecule has 176 valence electrons. The molecule has 1 fully saturated rings. The fourth-order valence-electron chi connectivity index (χ4n) is 4.67. The van der Waals surface area contributed by atoms with Crippen molar-refractivity contribution in [3.05, 3.63) is 17.5 Å². The number of hydrogen-bond donors (Lipinski definition) is 4. The highest BCUT2D eigenvalue weighted by Crippen LogP contribution is 2.33. The van der Waals surface area contributed by atoms with E-state index in [-0.39, 0.29) is 24.0 Å². The zero-order chi connectivity index (χ0) is 23.3. The van der Waals surface area contributed by atoms with Gasteiger partial charge in [0.25, 0.3) is 0 Å². The minimum Gasteiger partial charge on any atom is -0.392 e. The number of aryl methyl sites for hydroxylation is 2. The Balaban J connectivity index is 2.30. The molecule has 1 aliphatic rings. The Bertz CT molecular complexity index is 752. The highest BCUT2D eigenvalue weighted by molar-refractivity contribution is 5.89. The summed E-state index contributed by atoms with van der Waals surface area (Å²) in [6, 6.07) is 1.28. The van der Waals surface area contributed by atoms with Crippen LogP contribution in [0.3, 0.4) is 0 Å². The van der Waals surface area contributed by atoms with Crippen LogP contribution in [0, 0.1) is 31.6 Å². The molecular formula is C23H41N5O3. The van der Waals surface area contributed by atoms with E-state index in [0.29, 0.717) is 12.5 Å². The minimum atomic E-state index is -1.48. The largest absolute Gasteiger partial charge is 0.392 e. The van der Waals surface area contributed by atoms with Crippen molar-refractivity contribution < 1.29 is 14.7 Å². The fraction of sp³-hybridized carbons (Fsp3) is 0.783. The van der Waals surface area contributed by atoms with Gasteiger partial charge in [0, 0.05) is 18.3 Å². The first kappa shape index (κ1) is 25.5. The van der Waals surface area contributed by atoms with Crippen LogP contribution in [0.5, 0.6) is 0 Å². The van der Waals surface area contributed by atoms with Gasteiger partial charge in [-0.1, -0.05) is 33.1 Å². The number of Topliss-reactive ketones (excluding diaryl/α,β-unsaturated/α-hetero) is 1. The van der Waals surface area contributed by atoms with Crippen molar-refractivity contribution >= 4 is 11.7 Å². The van der Waals surface area contributed by atoms with Crippen LogP contribution in [0.1, 0.15) is 70.7 Å². The van der Waals surface area contributed by atoms with Gasteiger partial charge in [0.2, 0.25) is 5.91 Å². The Morgan fingerprint density at radius 2 is 1.90 bits per heavy atom. The highest BCUT2D eigenvalue weighted by Gasteiger charge is 2.45. The van der Waals surface area contributed by atoms with Crippen molar-refractivity contribution in [2.75, 3.05) is 6.54 Å². The summed E-state index contributed by atoms with van der Waals surface area (Å²) in [7, 11) is 0. The van der Waals surface area contributed by atoms with Crippen molar-refractivity contribution in [1.82, 2.24) is 15.1 Å². The Hall–Kier alpha value is -1.77. The number of amides is 1. The molecule has 2 rings (SSSR count). The molecule has 0 saturated heterocycles. The summed E-state index contributed by atoms with van der Waals surface area (Å²) in [5.74, 6) is -1.22. The van der Waals surface area contributed by atoms with Crippen LogP contribution in [0.4, 0.5) is 0 Å². The van der Waals surface area contributed by atoms with Gasteiger partial charge in [0.1, 0.15) is 0 Å². The second-order valence-corrected chi connectivity index (χ2v) is 9.82. The monoisotopic (exact) mass is 435 g/mol. The maximum absolute atomic E-state index is 13.7. The summed E-state index contributed by atoms with van der Waals surface area (Å²) in [5.41, 5.74) is 13.2. The summed E-state index contributed by atoms with van der Waals surface area (Å²) in [6.07, 6.45) is 3.70. The predicted octanol–water partition coefficient (Wildman–Crippen LogP) is 1.75. The Morgan fingerprint density at radius 1 is 1.29 bits per heavy atom. The average Bonchev–Trinajstić information content (AvgIpc) is 3.05. The number of carbonyl (C=O) groups excluding carboxylic acids is 2. The number of nitrogens with zero attached hydrogens (tertiary/aromatic N) is 2. The van der Waals surface area contributed by atoms with E-state index in [4.69, 9.17) is 11.5 Å². The number of aromatic nitrogens is 2. The maximum Gasteiger partial charge on any atom is 0.222 e. The summed E-state index contributed by atoms with van der Waals surface area (Å²) in [5, 5.41) is 18.3. The van der Waals surface area contributed by atoms with Gasteiger partial charge in [-0.25, -0.2) is 4.68 Å². The quantitative estimate of drug-likeness (QED) is 0.442. The molecule has 6 N–H and O–H groups in total. The van der Waals surface area contributed by atoms with Crippen molar-refractivity contribution in [3.8, 4) is 0 Å². The molecule has 31 heavy (non-hydrogen) atoms. The predicted molar refractivity (Wildman–Crippen MR) is 121 cm³/mol. The molecule has 1 amide bonds. The zero-order valence-electron chi connectivity index (χ0n) is 19.7. The van der Waals surface area contributed by atoms with E-state index in [2.05, 4.69) is 10.4 Å². The van der Waals surface area contributed by atoms with E-state index in [1.165, 1.54) is 4.68 Å². The van der Waals surface area contributed by atoms with Gasteiger partial charge >= 0.3 is 0 Å². The van der Waals surface area contributed by atoms with E-state index in [1.807, 2.05) is 33.8 Å². The van der Waals surface area contributed by atoms with Gasteiger partial charge in [-0.3, -0.25) is 9.59 Å². The molecule has 0 aromatic carbocycles. The van der Waals surface area contributed by atoms with Gasteiger partial charge in [0.15, 0.2) is 11.4 Å². The smallest absolute Gasteiger partial charge is 0.222 e. The van der Waals surface area contributed by atoms with Crippen LogP contribution in [0.15, 0.2) is 6.07 Å².